The molecule has 0 radical (unpaired) electrons. The first-order valence-electron chi connectivity index (χ1n) is 4.67. The van der Waals surface area contributed by atoms with Gasteiger partial charge < -0.3 is 4.74 Å². The van der Waals surface area contributed by atoms with Gasteiger partial charge in [0.25, 0.3) is 0 Å². The fraction of sp³-hybridized carbons (Fsp3) is 0.455. The van der Waals surface area contributed by atoms with Crippen LogP contribution in [-0.2, 0) is 6.42 Å². The molecular weight excluding hydrogens is 256 g/mol. The van der Waals surface area contributed by atoms with E-state index in [1.807, 2.05) is 20.8 Å². The summed E-state index contributed by atoms with van der Waals surface area (Å²) in [5.41, 5.74) is -0.654. The molecule has 1 aromatic rings. The third-order valence-corrected chi connectivity index (χ3v) is 2.15. The number of terminal acetylenes is 1. The van der Waals surface area contributed by atoms with Crippen LogP contribution in [-0.4, -0.2) is 15.6 Å². The van der Waals surface area contributed by atoms with E-state index in [4.69, 9.17) is 11.2 Å². The van der Waals surface area contributed by atoms with E-state index in [9.17, 15) is 0 Å². The third kappa shape index (κ3) is 3.52. The molecule has 0 saturated carbocycles. The Morgan fingerprint density at radius 2 is 2.20 bits per heavy atom. The molecule has 0 bridgehead atoms. The first kappa shape index (κ1) is 12.0. The molecule has 0 aliphatic heterocycles. The SMILES string of the molecule is C#CC(C)(C)Oc1cc(Br)nc(CC)n1. The Morgan fingerprint density at radius 1 is 1.53 bits per heavy atom. The van der Waals surface area contributed by atoms with Gasteiger partial charge in [0.1, 0.15) is 10.4 Å². The van der Waals surface area contributed by atoms with Crippen molar-refractivity contribution in [2.45, 2.75) is 32.8 Å². The Hall–Kier alpha value is -1.08. The Bertz CT molecular complexity index is 396. The summed E-state index contributed by atoms with van der Waals surface area (Å²) in [6.45, 7) is 5.61. The van der Waals surface area contributed by atoms with Crippen LogP contribution < -0.4 is 4.74 Å². The summed E-state index contributed by atoms with van der Waals surface area (Å²) in [5, 5.41) is 0. The van der Waals surface area contributed by atoms with Crippen LogP contribution in [0.15, 0.2) is 10.7 Å². The van der Waals surface area contributed by atoms with Crippen LogP contribution in [0.2, 0.25) is 0 Å². The van der Waals surface area contributed by atoms with Crippen LogP contribution in [0.4, 0.5) is 0 Å². The fourth-order valence-corrected chi connectivity index (χ4v) is 1.34. The molecule has 0 saturated heterocycles. The highest BCUT2D eigenvalue weighted by atomic mass is 79.9. The minimum absolute atomic E-state index is 0.497. The molecule has 1 aromatic heterocycles. The molecule has 4 heteroatoms. The van der Waals surface area contributed by atoms with E-state index in [1.165, 1.54) is 0 Å². The van der Waals surface area contributed by atoms with Gasteiger partial charge in [-0.2, -0.15) is 4.98 Å². The van der Waals surface area contributed by atoms with Crippen molar-refractivity contribution in [3.63, 3.8) is 0 Å². The van der Waals surface area contributed by atoms with E-state index in [2.05, 4.69) is 31.8 Å². The molecule has 0 spiro atoms. The maximum Gasteiger partial charge on any atom is 0.219 e. The summed E-state index contributed by atoms with van der Waals surface area (Å²) < 4.78 is 6.26. The van der Waals surface area contributed by atoms with Gasteiger partial charge in [0.05, 0.1) is 0 Å². The average molecular weight is 269 g/mol. The van der Waals surface area contributed by atoms with E-state index >= 15 is 0 Å². The normalized spacial score (nSPS) is 10.9. The molecule has 0 atom stereocenters. The van der Waals surface area contributed by atoms with Crippen molar-refractivity contribution >= 4 is 15.9 Å². The zero-order valence-electron chi connectivity index (χ0n) is 9.04. The van der Waals surface area contributed by atoms with Crippen LogP contribution in [0.5, 0.6) is 5.88 Å². The molecule has 1 heterocycles. The van der Waals surface area contributed by atoms with Crippen LogP contribution >= 0.6 is 15.9 Å². The van der Waals surface area contributed by atoms with E-state index in [0.29, 0.717) is 10.5 Å². The van der Waals surface area contributed by atoms with Gasteiger partial charge in [0, 0.05) is 12.5 Å². The van der Waals surface area contributed by atoms with Gasteiger partial charge in [-0.05, 0) is 29.8 Å². The predicted molar refractivity (Wildman–Crippen MR) is 62.7 cm³/mol. The monoisotopic (exact) mass is 268 g/mol. The van der Waals surface area contributed by atoms with Crippen molar-refractivity contribution in [3.05, 3.63) is 16.5 Å². The Morgan fingerprint density at radius 3 is 2.73 bits per heavy atom. The second-order valence-corrected chi connectivity index (χ2v) is 4.37. The number of rotatable bonds is 3. The summed E-state index contributed by atoms with van der Waals surface area (Å²) in [6, 6.07) is 1.71. The number of hydrogen-bond donors (Lipinski definition) is 0. The van der Waals surface area contributed by atoms with E-state index in [0.717, 1.165) is 12.2 Å². The highest BCUT2D eigenvalue weighted by Crippen LogP contribution is 2.19. The van der Waals surface area contributed by atoms with Gasteiger partial charge in [-0.3, -0.25) is 0 Å². The topological polar surface area (TPSA) is 35.0 Å². The molecule has 0 fully saturated rings. The molecule has 0 aromatic carbocycles. The van der Waals surface area contributed by atoms with Crippen molar-refractivity contribution in [2.75, 3.05) is 0 Å². The summed E-state index contributed by atoms with van der Waals surface area (Å²) in [6.07, 6.45) is 6.09. The number of aryl methyl sites for hydroxylation is 1. The second kappa shape index (κ2) is 4.63. The van der Waals surface area contributed by atoms with Crippen molar-refractivity contribution in [2.24, 2.45) is 0 Å². The molecule has 80 valence electrons. The Balaban J connectivity index is 2.96. The molecule has 3 nitrogen and oxygen atoms in total. The van der Waals surface area contributed by atoms with Crippen LogP contribution in [0.3, 0.4) is 0 Å². The average Bonchev–Trinajstić information content (AvgIpc) is 2.16. The Kier molecular flexibility index (Phi) is 3.70. The van der Waals surface area contributed by atoms with Crippen molar-refractivity contribution < 1.29 is 4.74 Å². The molecular formula is C11H13BrN2O. The highest BCUT2D eigenvalue weighted by molar-refractivity contribution is 9.10. The van der Waals surface area contributed by atoms with E-state index in [-0.39, 0.29) is 0 Å². The number of nitrogens with zero attached hydrogens (tertiary/aromatic N) is 2. The van der Waals surface area contributed by atoms with Crippen LogP contribution in [0, 0.1) is 12.3 Å². The second-order valence-electron chi connectivity index (χ2n) is 3.56. The standard InChI is InChI=1S/C11H13BrN2O/c1-5-9-13-8(12)7-10(14-9)15-11(3,4)6-2/h2,7H,5H2,1,3-4H3. The molecule has 1 rings (SSSR count). The summed E-state index contributed by atoms with van der Waals surface area (Å²) in [7, 11) is 0. The van der Waals surface area contributed by atoms with Gasteiger partial charge in [-0.1, -0.05) is 12.8 Å². The molecule has 15 heavy (non-hydrogen) atoms. The maximum absolute atomic E-state index is 5.56. The fourth-order valence-electron chi connectivity index (χ4n) is 0.943. The smallest absolute Gasteiger partial charge is 0.219 e. The van der Waals surface area contributed by atoms with Gasteiger partial charge in [0.2, 0.25) is 5.88 Å². The lowest BCUT2D eigenvalue weighted by atomic mass is 10.1. The van der Waals surface area contributed by atoms with E-state index < -0.39 is 5.60 Å². The first-order chi connectivity index (χ1) is 6.96. The molecule has 0 aliphatic carbocycles. The largest absolute Gasteiger partial charge is 0.458 e. The molecule has 0 aliphatic rings. The number of ether oxygens (including phenoxy) is 1. The molecule has 0 N–H and O–H groups in total. The number of hydrogen-bond acceptors (Lipinski definition) is 3. The summed E-state index contributed by atoms with van der Waals surface area (Å²) in [4.78, 5) is 8.41. The van der Waals surface area contributed by atoms with Gasteiger partial charge in [-0.25, -0.2) is 4.98 Å². The first-order valence-corrected chi connectivity index (χ1v) is 5.46. The maximum atomic E-state index is 5.56. The number of halogens is 1. The minimum Gasteiger partial charge on any atom is -0.458 e. The quantitative estimate of drug-likeness (QED) is 0.625. The Labute approximate surface area is 98.4 Å². The van der Waals surface area contributed by atoms with Crippen molar-refractivity contribution in [1.82, 2.24) is 9.97 Å². The summed E-state index contributed by atoms with van der Waals surface area (Å²) in [5.74, 6) is 3.77. The predicted octanol–water partition coefficient (Wildman–Crippen LogP) is 2.59. The summed E-state index contributed by atoms with van der Waals surface area (Å²) >= 11 is 3.30. The third-order valence-electron chi connectivity index (χ3n) is 1.74. The van der Waals surface area contributed by atoms with E-state index in [1.54, 1.807) is 6.07 Å². The van der Waals surface area contributed by atoms with Crippen LogP contribution in [0.25, 0.3) is 0 Å². The molecule has 0 amide bonds. The lowest BCUT2D eigenvalue weighted by Crippen LogP contribution is -2.26. The highest BCUT2D eigenvalue weighted by Gasteiger charge is 2.17. The minimum atomic E-state index is -0.654. The van der Waals surface area contributed by atoms with Gasteiger partial charge in [-0.15, -0.1) is 6.42 Å². The van der Waals surface area contributed by atoms with Crippen LogP contribution in [0.1, 0.15) is 26.6 Å². The molecule has 0 unspecified atom stereocenters. The lowest BCUT2D eigenvalue weighted by Gasteiger charge is -2.19. The zero-order valence-corrected chi connectivity index (χ0v) is 10.6. The van der Waals surface area contributed by atoms with Crippen molar-refractivity contribution in [1.29, 1.82) is 0 Å². The van der Waals surface area contributed by atoms with Gasteiger partial charge in [0.15, 0.2) is 5.60 Å². The van der Waals surface area contributed by atoms with Gasteiger partial charge >= 0.3 is 0 Å². The number of aromatic nitrogens is 2. The zero-order chi connectivity index (χ0) is 11.5. The van der Waals surface area contributed by atoms with Crippen molar-refractivity contribution in [3.8, 4) is 18.2 Å². The lowest BCUT2D eigenvalue weighted by molar-refractivity contribution is 0.164.